The summed E-state index contributed by atoms with van der Waals surface area (Å²) in [6.07, 6.45) is 0.150. The van der Waals surface area contributed by atoms with E-state index in [4.69, 9.17) is 9.47 Å². The maximum Gasteiger partial charge on any atom is 0.315 e. The van der Waals surface area contributed by atoms with E-state index >= 15 is 0 Å². The second-order valence-electron chi connectivity index (χ2n) is 3.89. The highest BCUT2D eigenvalue weighted by molar-refractivity contribution is 5.94. The van der Waals surface area contributed by atoms with Gasteiger partial charge in [0, 0.05) is 0 Å². The Morgan fingerprint density at radius 3 is 2.77 bits per heavy atom. The molecule has 0 atom stereocenters. The molecule has 0 radical (unpaired) electrons. The fourth-order valence-electron chi connectivity index (χ4n) is 0.987. The summed E-state index contributed by atoms with van der Waals surface area (Å²) in [6.45, 7) is 6.74. The molecule has 0 saturated heterocycles. The molecule has 1 heterocycles. The molecule has 0 amide bonds. The Labute approximate surface area is 77.9 Å². The lowest BCUT2D eigenvalue weighted by atomic mass is 10.2. The Morgan fingerprint density at radius 1 is 1.62 bits per heavy atom. The van der Waals surface area contributed by atoms with E-state index in [1.54, 1.807) is 0 Å². The molecule has 1 rings (SSSR count). The Kier molecular flexibility index (Phi) is 2.90. The van der Waals surface area contributed by atoms with Gasteiger partial charge in [0.2, 0.25) is 0 Å². The van der Waals surface area contributed by atoms with Gasteiger partial charge in [-0.1, -0.05) is 0 Å². The van der Waals surface area contributed by atoms with Gasteiger partial charge in [0.25, 0.3) is 0 Å². The molecule has 0 aromatic heterocycles. The molecule has 0 spiro atoms. The van der Waals surface area contributed by atoms with Crippen molar-refractivity contribution in [1.29, 1.82) is 0 Å². The van der Waals surface area contributed by atoms with Gasteiger partial charge in [0.1, 0.15) is 18.6 Å². The molecule has 0 aliphatic carbocycles. The molecule has 0 unspecified atom stereocenters. The van der Waals surface area contributed by atoms with Crippen LogP contribution in [0.5, 0.6) is 0 Å². The average Bonchev–Trinajstić information content (AvgIpc) is 2.34. The third-order valence-electron chi connectivity index (χ3n) is 1.36. The Balaban J connectivity index is 2.33. The van der Waals surface area contributed by atoms with E-state index in [0.717, 1.165) is 0 Å². The van der Waals surface area contributed by atoms with Gasteiger partial charge in [0.15, 0.2) is 5.90 Å². The molecule has 74 valence electrons. The lowest BCUT2D eigenvalue weighted by molar-refractivity contribution is -0.153. The molecule has 4 nitrogen and oxygen atoms in total. The predicted octanol–water partition coefficient (Wildman–Crippen LogP) is 1.15. The molecule has 0 N–H and O–H groups in total. The first-order valence-electron chi connectivity index (χ1n) is 4.35. The van der Waals surface area contributed by atoms with E-state index in [-0.39, 0.29) is 12.4 Å². The lowest BCUT2D eigenvalue weighted by Crippen LogP contribution is -2.25. The molecule has 1 aliphatic rings. The maximum absolute atomic E-state index is 11.2. The second-order valence-corrected chi connectivity index (χ2v) is 3.89. The molecule has 1 aliphatic heterocycles. The van der Waals surface area contributed by atoms with Crippen LogP contribution in [0.25, 0.3) is 0 Å². The van der Waals surface area contributed by atoms with Crippen molar-refractivity contribution in [1.82, 2.24) is 0 Å². The van der Waals surface area contributed by atoms with Crippen molar-refractivity contribution >= 4 is 11.9 Å². The number of hydrogen-bond acceptors (Lipinski definition) is 4. The number of aliphatic imine (C=N–C) groups is 1. The van der Waals surface area contributed by atoms with Crippen LogP contribution in [0.1, 0.15) is 27.2 Å². The monoisotopic (exact) mass is 185 g/mol. The summed E-state index contributed by atoms with van der Waals surface area (Å²) in [5, 5.41) is 0. The van der Waals surface area contributed by atoms with E-state index in [1.807, 2.05) is 20.8 Å². The van der Waals surface area contributed by atoms with Gasteiger partial charge in [0.05, 0.1) is 6.54 Å². The zero-order valence-corrected chi connectivity index (χ0v) is 8.29. The van der Waals surface area contributed by atoms with Crippen LogP contribution in [0.15, 0.2) is 4.99 Å². The Hall–Kier alpha value is -1.06. The fraction of sp³-hybridized carbons (Fsp3) is 0.778. The summed E-state index contributed by atoms with van der Waals surface area (Å²) in [6, 6.07) is 0. The summed E-state index contributed by atoms with van der Waals surface area (Å²) in [4.78, 5) is 15.2. The minimum absolute atomic E-state index is 0.150. The quantitative estimate of drug-likeness (QED) is 0.606. The Morgan fingerprint density at radius 2 is 2.31 bits per heavy atom. The molecule has 0 saturated carbocycles. The van der Waals surface area contributed by atoms with E-state index in [1.165, 1.54) is 0 Å². The summed E-state index contributed by atoms with van der Waals surface area (Å²) < 4.78 is 10.2. The average molecular weight is 185 g/mol. The van der Waals surface area contributed by atoms with Gasteiger partial charge >= 0.3 is 5.97 Å². The molecule has 4 heteroatoms. The van der Waals surface area contributed by atoms with Crippen molar-refractivity contribution in [3.05, 3.63) is 0 Å². The van der Waals surface area contributed by atoms with Crippen LogP contribution in [0, 0.1) is 0 Å². The number of ether oxygens (including phenoxy) is 2. The van der Waals surface area contributed by atoms with E-state index in [2.05, 4.69) is 4.99 Å². The predicted molar refractivity (Wildman–Crippen MR) is 48.7 cm³/mol. The largest absolute Gasteiger partial charge is 0.479 e. The number of carbonyl (C=O) groups excluding carboxylic acids is 1. The van der Waals surface area contributed by atoms with E-state index in [0.29, 0.717) is 19.0 Å². The summed E-state index contributed by atoms with van der Waals surface area (Å²) in [5.41, 5.74) is -0.434. The third kappa shape index (κ3) is 3.92. The van der Waals surface area contributed by atoms with Gasteiger partial charge < -0.3 is 9.47 Å². The zero-order valence-electron chi connectivity index (χ0n) is 8.29. The van der Waals surface area contributed by atoms with Gasteiger partial charge in [-0.25, -0.2) is 0 Å². The standard InChI is InChI=1S/C9H15NO3/c1-9(2,3)13-8(11)6-7-10-4-5-12-7/h4-6H2,1-3H3. The number of hydrogen-bond donors (Lipinski definition) is 0. The first-order valence-corrected chi connectivity index (χ1v) is 4.35. The molecule has 0 aromatic carbocycles. The van der Waals surface area contributed by atoms with Gasteiger partial charge in [-0.05, 0) is 20.8 Å². The van der Waals surface area contributed by atoms with Gasteiger partial charge in [-0.3, -0.25) is 9.79 Å². The fourth-order valence-corrected chi connectivity index (χ4v) is 0.987. The minimum Gasteiger partial charge on any atom is -0.479 e. The summed E-state index contributed by atoms with van der Waals surface area (Å²) in [5.74, 6) is 0.211. The van der Waals surface area contributed by atoms with Gasteiger partial charge in [-0.2, -0.15) is 0 Å². The summed E-state index contributed by atoms with van der Waals surface area (Å²) in [7, 11) is 0. The van der Waals surface area contributed by atoms with Crippen molar-refractivity contribution in [2.24, 2.45) is 4.99 Å². The third-order valence-corrected chi connectivity index (χ3v) is 1.36. The first-order chi connectivity index (χ1) is 5.97. The van der Waals surface area contributed by atoms with Crippen molar-refractivity contribution in [2.45, 2.75) is 32.8 Å². The number of esters is 1. The van der Waals surface area contributed by atoms with Crippen LogP contribution >= 0.6 is 0 Å². The molecular weight excluding hydrogens is 170 g/mol. The Bertz CT molecular complexity index is 228. The minimum atomic E-state index is -0.434. The van der Waals surface area contributed by atoms with Crippen LogP contribution in [-0.2, 0) is 14.3 Å². The number of nitrogens with zero attached hydrogens (tertiary/aromatic N) is 1. The molecule has 0 aromatic rings. The lowest BCUT2D eigenvalue weighted by Gasteiger charge is -2.19. The van der Waals surface area contributed by atoms with Crippen molar-refractivity contribution < 1.29 is 14.3 Å². The van der Waals surface area contributed by atoms with Crippen LogP contribution in [0.2, 0.25) is 0 Å². The normalized spacial score (nSPS) is 16.4. The van der Waals surface area contributed by atoms with Crippen molar-refractivity contribution in [2.75, 3.05) is 13.2 Å². The van der Waals surface area contributed by atoms with E-state index in [9.17, 15) is 4.79 Å². The highest BCUT2D eigenvalue weighted by atomic mass is 16.6. The number of carbonyl (C=O) groups is 1. The van der Waals surface area contributed by atoms with Crippen molar-refractivity contribution in [3.8, 4) is 0 Å². The summed E-state index contributed by atoms with van der Waals surface area (Å²) >= 11 is 0. The zero-order chi connectivity index (χ0) is 9.90. The topological polar surface area (TPSA) is 47.9 Å². The van der Waals surface area contributed by atoms with Crippen LogP contribution in [-0.4, -0.2) is 30.6 Å². The van der Waals surface area contributed by atoms with Crippen LogP contribution in [0.4, 0.5) is 0 Å². The van der Waals surface area contributed by atoms with Gasteiger partial charge in [-0.15, -0.1) is 0 Å². The van der Waals surface area contributed by atoms with Crippen LogP contribution in [0.3, 0.4) is 0 Å². The molecule has 13 heavy (non-hydrogen) atoms. The number of rotatable bonds is 2. The van der Waals surface area contributed by atoms with Crippen LogP contribution < -0.4 is 0 Å². The van der Waals surface area contributed by atoms with Crippen molar-refractivity contribution in [3.63, 3.8) is 0 Å². The molecular formula is C9H15NO3. The maximum atomic E-state index is 11.2. The molecule has 0 fully saturated rings. The first kappa shape index (κ1) is 10.0. The SMILES string of the molecule is CC(C)(C)OC(=O)CC1=NCCO1. The highest BCUT2D eigenvalue weighted by Crippen LogP contribution is 2.09. The molecule has 0 bridgehead atoms. The smallest absolute Gasteiger partial charge is 0.315 e. The van der Waals surface area contributed by atoms with E-state index < -0.39 is 5.60 Å². The second kappa shape index (κ2) is 3.77. The highest BCUT2D eigenvalue weighted by Gasteiger charge is 2.19.